The van der Waals surface area contributed by atoms with Gasteiger partial charge in [-0.2, -0.15) is 0 Å². The van der Waals surface area contributed by atoms with Crippen LogP contribution in [0.1, 0.15) is 26.6 Å². The van der Waals surface area contributed by atoms with Gasteiger partial charge < -0.3 is 20.7 Å². The van der Waals surface area contributed by atoms with Gasteiger partial charge in [0.1, 0.15) is 18.2 Å². The van der Waals surface area contributed by atoms with Crippen molar-refractivity contribution in [2.45, 2.75) is 27.4 Å². The number of rotatable bonds is 9. The Labute approximate surface area is 125 Å². The lowest BCUT2D eigenvalue weighted by Crippen LogP contribution is -2.37. The molecule has 7 heteroatoms. The molecule has 3 N–H and O–H groups in total. The fraction of sp³-hybridized carbons (Fsp3) is 0.643. The molecule has 1 aromatic rings. The van der Waals surface area contributed by atoms with Crippen molar-refractivity contribution in [3.63, 3.8) is 0 Å². The lowest BCUT2D eigenvalue weighted by molar-refractivity contribution is -0.116. The van der Waals surface area contributed by atoms with E-state index in [1.807, 2.05) is 17.9 Å². The summed E-state index contributed by atoms with van der Waals surface area (Å²) in [5.41, 5.74) is 5.34. The predicted octanol–water partition coefficient (Wildman–Crippen LogP) is 1.00. The van der Waals surface area contributed by atoms with Gasteiger partial charge in [-0.15, -0.1) is 0 Å². The smallest absolute Gasteiger partial charge is 0.236 e. The quantitative estimate of drug-likeness (QED) is 0.706. The van der Waals surface area contributed by atoms with Gasteiger partial charge in [-0.1, -0.05) is 13.8 Å². The van der Waals surface area contributed by atoms with E-state index >= 15 is 0 Å². The standard InChI is InChI=1S/C14H25N5O2/c1-5-16-12-6-14(18-13(17-12)9-21-4)19(7-10(2)3)8-11(15)20/h6,10H,5,7-9H2,1-4H3,(H2,15,20)(H,16,17,18). The fourth-order valence-electron chi connectivity index (χ4n) is 1.98. The van der Waals surface area contributed by atoms with Crippen LogP contribution in [-0.4, -0.2) is 42.6 Å². The average Bonchev–Trinajstić information content (AvgIpc) is 2.37. The fourth-order valence-corrected chi connectivity index (χ4v) is 1.98. The molecule has 1 rings (SSSR count). The SMILES string of the molecule is CCNc1cc(N(CC(N)=O)CC(C)C)nc(COC)n1. The largest absolute Gasteiger partial charge is 0.377 e. The molecule has 21 heavy (non-hydrogen) atoms. The lowest BCUT2D eigenvalue weighted by Gasteiger charge is -2.25. The summed E-state index contributed by atoms with van der Waals surface area (Å²) >= 11 is 0. The van der Waals surface area contributed by atoms with Crippen LogP contribution in [0.15, 0.2) is 6.07 Å². The van der Waals surface area contributed by atoms with Crippen molar-refractivity contribution < 1.29 is 9.53 Å². The van der Waals surface area contributed by atoms with Gasteiger partial charge in [0.05, 0.1) is 6.54 Å². The Kier molecular flexibility index (Phi) is 6.87. The van der Waals surface area contributed by atoms with E-state index in [9.17, 15) is 4.79 Å². The van der Waals surface area contributed by atoms with E-state index in [2.05, 4.69) is 29.1 Å². The normalized spacial score (nSPS) is 10.7. The monoisotopic (exact) mass is 295 g/mol. The Bertz CT molecular complexity index is 440. The van der Waals surface area contributed by atoms with Crippen molar-refractivity contribution in [2.75, 3.05) is 37.0 Å². The Hall–Kier alpha value is -1.89. The molecule has 1 aromatic heterocycles. The molecule has 0 radical (unpaired) electrons. The van der Waals surface area contributed by atoms with Crippen molar-refractivity contribution in [1.29, 1.82) is 0 Å². The second-order valence-corrected chi connectivity index (χ2v) is 5.23. The van der Waals surface area contributed by atoms with Crippen molar-refractivity contribution >= 4 is 17.5 Å². The van der Waals surface area contributed by atoms with Crippen molar-refractivity contribution in [3.05, 3.63) is 11.9 Å². The minimum absolute atomic E-state index is 0.132. The third-order valence-corrected chi connectivity index (χ3v) is 2.65. The summed E-state index contributed by atoms with van der Waals surface area (Å²) in [6.07, 6.45) is 0. The van der Waals surface area contributed by atoms with E-state index < -0.39 is 0 Å². The van der Waals surface area contributed by atoms with E-state index in [0.29, 0.717) is 36.5 Å². The van der Waals surface area contributed by atoms with Gasteiger partial charge in [-0.3, -0.25) is 4.79 Å². The molecule has 0 spiro atoms. The van der Waals surface area contributed by atoms with Gasteiger partial charge in [0.15, 0.2) is 5.82 Å². The molecule has 0 saturated carbocycles. The average molecular weight is 295 g/mol. The maximum atomic E-state index is 11.3. The first-order valence-electron chi connectivity index (χ1n) is 7.10. The number of nitrogens with zero attached hydrogens (tertiary/aromatic N) is 3. The number of primary amides is 1. The maximum Gasteiger partial charge on any atom is 0.236 e. The van der Waals surface area contributed by atoms with Crippen LogP contribution < -0.4 is 16.0 Å². The first-order valence-corrected chi connectivity index (χ1v) is 7.10. The molecule has 1 heterocycles. The highest BCUT2D eigenvalue weighted by molar-refractivity contribution is 5.79. The van der Waals surface area contributed by atoms with Crippen LogP contribution in [0.3, 0.4) is 0 Å². The Morgan fingerprint density at radius 1 is 1.48 bits per heavy atom. The van der Waals surface area contributed by atoms with Gasteiger partial charge in [-0.05, 0) is 12.8 Å². The maximum absolute atomic E-state index is 11.3. The molecule has 0 aliphatic carbocycles. The summed E-state index contributed by atoms with van der Waals surface area (Å²) in [6.45, 7) is 8.05. The molecule has 0 aliphatic rings. The minimum atomic E-state index is -0.382. The number of carbonyl (C=O) groups excluding carboxylic acids is 1. The first kappa shape index (κ1) is 17.2. The van der Waals surface area contributed by atoms with Gasteiger partial charge in [-0.25, -0.2) is 9.97 Å². The highest BCUT2D eigenvalue weighted by atomic mass is 16.5. The number of hydrogen-bond acceptors (Lipinski definition) is 6. The van der Waals surface area contributed by atoms with Gasteiger partial charge >= 0.3 is 0 Å². The molecule has 118 valence electrons. The number of aromatic nitrogens is 2. The molecule has 0 unspecified atom stereocenters. The summed E-state index contributed by atoms with van der Waals surface area (Å²) in [7, 11) is 1.60. The number of anilines is 2. The van der Waals surface area contributed by atoms with Gasteiger partial charge in [0.2, 0.25) is 5.91 Å². The zero-order valence-electron chi connectivity index (χ0n) is 13.2. The summed E-state index contributed by atoms with van der Waals surface area (Å²) in [5.74, 6) is 1.97. The molecular weight excluding hydrogens is 270 g/mol. The number of ether oxygens (including phenoxy) is 1. The highest BCUT2D eigenvalue weighted by Gasteiger charge is 2.15. The number of nitrogens with one attached hydrogen (secondary N) is 1. The first-order chi connectivity index (χ1) is 9.96. The van der Waals surface area contributed by atoms with Crippen LogP contribution >= 0.6 is 0 Å². The van der Waals surface area contributed by atoms with Crippen LogP contribution in [0, 0.1) is 5.92 Å². The van der Waals surface area contributed by atoms with E-state index in [-0.39, 0.29) is 12.5 Å². The molecule has 0 bridgehead atoms. The Morgan fingerprint density at radius 3 is 2.71 bits per heavy atom. The van der Waals surface area contributed by atoms with Crippen molar-refractivity contribution in [3.8, 4) is 0 Å². The highest BCUT2D eigenvalue weighted by Crippen LogP contribution is 2.17. The van der Waals surface area contributed by atoms with Crippen molar-refractivity contribution in [1.82, 2.24) is 9.97 Å². The van der Waals surface area contributed by atoms with Gasteiger partial charge in [0, 0.05) is 26.3 Å². The topological polar surface area (TPSA) is 93.4 Å². The zero-order chi connectivity index (χ0) is 15.8. The third-order valence-electron chi connectivity index (χ3n) is 2.65. The van der Waals surface area contributed by atoms with Gasteiger partial charge in [0.25, 0.3) is 0 Å². The number of nitrogens with two attached hydrogens (primary N) is 1. The van der Waals surface area contributed by atoms with Crippen LogP contribution in [0.25, 0.3) is 0 Å². The molecule has 0 fully saturated rings. The summed E-state index contributed by atoms with van der Waals surface area (Å²) in [4.78, 5) is 22.0. The summed E-state index contributed by atoms with van der Waals surface area (Å²) in [6, 6.07) is 1.83. The van der Waals surface area contributed by atoms with Crippen LogP contribution in [0.5, 0.6) is 0 Å². The molecule has 0 atom stereocenters. The number of methoxy groups -OCH3 is 1. The van der Waals surface area contributed by atoms with Crippen LogP contribution in [-0.2, 0) is 16.1 Å². The molecule has 0 aliphatic heterocycles. The minimum Gasteiger partial charge on any atom is -0.377 e. The van der Waals surface area contributed by atoms with E-state index in [4.69, 9.17) is 10.5 Å². The number of hydrogen-bond donors (Lipinski definition) is 2. The predicted molar refractivity (Wildman–Crippen MR) is 83.2 cm³/mol. The molecule has 0 aromatic carbocycles. The zero-order valence-corrected chi connectivity index (χ0v) is 13.2. The van der Waals surface area contributed by atoms with E-state index in [1.165, 1.54) is 0 Å². The van der Waals surface area contributed by atoms with E-state index in [1.54, 1.807) is 7.11 Å². The molecule has 1 amide bonds. The summed E-state index contributed by atoms with van der Waals surface area (Å²) in [5, 5.41) is 3.16. The van der Waals surface area contributed by atoms with Crippen LogP contribution in [0.4, 0.5) is 11.6 Å². The lowest BCUT2D eigenvalue weighted by atomic mass is 10.2. The van der Waals surface area contributed by atoms with E-state index in [0.717, 1.165) is 6.54 Å². The molecular formula is C14H25N5O2. The molecule has 7 nitrogen and oxygen atoms in total. The second kappa shape index (κ2) is 8.41. The Morgan fingerprint density at radius 2 is 2.19 bits per heavy atom. The summed E-state index contributed by atoms with van der Waals surface area (Å²) < 4.78 is 5.10. The third kappa shape index (κ3) is 5.95. The number of amides is 1. The van der Waals surface area contributed by atoms with Crippen molar-refractivity contribution in [2.24, 2.45) is 11.7 Å². The Balaban J connectivity index is 3.10. The second-order valence-electron chi connectivity index (χ2n) is 5.23. The van der Waals surface area contributed by atoms with Crippen LogP contribution in [0.2, 0.25) is 0 Å². The molecule has 0 saturated heterocycles. The number of carbonyl (C=O) groups is 1.